The molecule has 100 valence electrons. The van der Waals surface area contributed by atoms with Crippen LogP contribution >= 0.6 is 0 Å². The summed E-state index contributed by atoms with van der Waals surface area (Å²) in [4.78, 5) is 11.5. The Morgan fingerprint density at radius 3 is 2.59 bits per heavy atom. The van der Waals surface area contributed by atoms with Gasteiger partial charge in [0.05, 0.1) is 6.61 Å². The third kappa shape index (κ3) is 6.48. The van der Waals surface area contributed by atoms with Crippen LogP contribution in [0.4, 0.5) is 13.2 Å². The summed E-state index contributed by atoms with van der Waals surface area (Å²) in [5, 5.41) is 5.71. The number of nitrogens with one attached hydrogen (secondary N) is 2. The zero-order valence-electron chi connectivity index (χ0n) is 9.48. The molecule has 0 aromatic heterocycles. The van der Waals surface area contributed by atoms with Gasteiger partial charge in [-0.3, -0.25) is 4.79 Å². The number of alkyl halides is 3. The first-order valence-electron chi connectivity index (χ1n) is 5.62. The number of hydrogen-bond donors (Lipinski definition) is 2. The van der Waals surface area contributed by atoms with Crippen LogP contribution in [0, 0.1) is 5.92 Å². The van der Waals surface area contributed by atoms with Crippen LogP contribution < -0.4 is 10.6 Å². The number of rotatable bonds is 5. The normalized spacial score (nSPS) is 18.1. The van der Waals surface area contributed by atoms with Gasteiger partial charge in [0.15, 0.2) is 0 Å². The molecule has 0 saturated carbocycles. The van der Waals surface area contributed by atoms with Gasteiger partial charge in [-0.1, -0.05) is 0 Å². The second kappa shape index (κ2) is 6.80. The molecule has 17 heavy (non-hydrogen) atoms. The Hall–Kier alpha value is -0.820. The summed E-state index contributed by atoms with van der Waals surface area (Å²) in [6.45, 7) is 0.358. The molecule has 7 heteroatoms. The molecule has 0 bridgehead atoms. The summed E-state index contributed by atoms with van der Waals surface area (Å²) in [6.07, 6.45) is -2.76. The number of halogens is 3. The third-order valence-electron chi connectivity index (χ3n) is 2.52. The fraction of sp³-hybridized carbons (Fsp3) is 0.900. The first-order valence-corrected chi connectivity index (χ1v) is 5.62. The van der Waals surface area contributed by atoms with Crippen LogP contribution in [0.3, 0.4) is 0 Å². The first kappa shape index (κ1) is 14.2. The number of hydrogen-bond acceptors (Lipinski definition) is 3. The zero-order valence-corrected chi connectivity index (χ0v) is 9.48. The SMILES string of the molecule is O=C(NCCOCC(F)(F)F)C1CCNCC1. The Morgan fingerprint density at radius 1 is 1.35 bits per heavy atom. The van der Waals surface area contributed by atoms with Crippen LogP contribution in [0.2, 0.25) is 0 Å². The lowest BCUT2D eigenvalue weighted by Gasteiger charge is -2.21. The van der Waals surface area contributed by atoms with E-state index < -0.39 is 12.8 Å². The molecule has 0 atom stereocenters. The van der Waals surface area contributed by atoms with Crippen LogP contribution in [0.5, 0.6) is 0 Å². The van der Waals surface area contributed by atoms with Gasteiger partial charge in [-0.2, -0.15) is 13.2 Å². The maximum absolute atomic E-state index is 11.7. The molecule has 1 rings (SSSR count). The Morgan fingerprint density at radius 2 is 2.00 bits per heavy atom. The van der Waals surface area contributed by atoms with Gasteiger partial charge in [0.25, 0.3) is 0 Å². The highest BCUT2D eigenvalue weighted by Gasteiger charge is 2.27. The fourth-order valence-electron chi connectivity index (χ4n) is 1.66. The van der Waals surface area contributed by atoms with Gasteiger partial charge in [-0.05, 0) is 25.9 Å². The molecular formula is C10H17F3N2O2. The van der Waals surface area contributed by atoms with Crippen molar-refractivity contribution in [1.82, 2.24) is 10.6 Å². The molecule has 1 aliphatic rings. The molecule has 4 nitrogen and oxygen atoms in total. The predicted molar refractivity (Wildman–Crippen MR) is 55.5 cm³/mol. The molecule has 0 unspecified atom stereocenters. The summed E-state index contributed by atoms with van der Waals surface area (Å²) in [7, 11) is 0. The van der Waals surface area contributed by atoms with Gasteiger partial charge >= 0.3 is 6.18 Å². The second-order valence-corrected chi connectivity index (χ2v) is 3.98. The molecule has 1 heterocycles. The van der Waals surface area contributed by atoms with Gasteiger partial charge < -0.3 is 15.4 Å². The Bertz CT molecular complexity index is 240. The highest BCUT2D eigenvalue weighted by atomic mass is 19.4. The molecule has 0 aromatic carbocycles. The van der Waals surface area contributed by atoms with Gasteiger partial charge in [0, 0.05) is 12.5 Å². The van der Waals surface area contributed by atoms with E-state index in [0.717, 1.165) is 25.9 Å². The zero-order chi connectivity index (χ0) is 12.7. The number of piperidine rings is 1. The van der Waals surface area contributed by atoms with Crippen molar-refractivity contribution in [3.05, 3.63) is 0 Å². The molecule has 1 aliphatic heterocycles. The van der Waals surface area contributed by atoms with Gasteiger partial charge in [-0.15, -0.1) is 0 Å². The van der Waals surface area contributed by atoms with E-state index in [4.69, 9.17) is 0 Å². The first-order chi connectivity index (χ1) is 7.99. The minimum absolute atomic E-state index is 0.0288. The molecule has 0 spiro atoms. The quantitative estimate of drug-likeness (QED) is 0.709. The van der Waals surface area contributed by atoms with Crippen LogP contribution in [0.1, 0.15) is 12.8 Å². The Labute approximate surface area is 97.9 Å². The van der Waals surface area contributed by atoms with Crippen molar-refractivity contribution in [3.8, 4) is 0 Å². The van der Waals surface area contributed by atoms with Crippen molar-refractivity contribution in [1.29, 1.82) is 0 Å². The van der Waals surface area contributed by atoms with E-state index in [9.17, 15) is 18.0 Å². The Balaban J connectivity index is 2.04. The summed E-state index contributed by atoms with van der Waals surface area (Å²) < 4.78 is 39.5. The number of amides is 1. The van der Waals surface area contributed by atoms with Crippen LogP contribution in [0.15, 0.2) is 0 Å². The minimum atomic E-state index is -4.31. The van der Waals surface area contributed by atoms with Crippen LogP contribution in [-0.2, 0) is 9.53 Å². The van der Waals surface area contributed by atoms with E-state index in [1.807, 2.05) is 0 Å². The van der Waals surface area contributed by atoms with Gasteiger partial charge in [0.2, 0.25) is 5.91 Å². The lowest BCUT2D eigenvalue weighted by molar-refractivity contribution is -0.173. The van der Waals surface area contributed by atoms with Crippen molar-refractivity contribution in [2.24, 2.45) is 5.92 Å². The predicted octanol–water partition coefficient (Wildman–Crippen LogP) is 0.681. The van der Waals surface area contributed by atoms with Gasteiger partial charge in [-0.25, -0.2) is 0 Å². The number of carbonyl (C=O) groups excluding carboxylic acids is 1. The van der Waals surface area contributed by atoms with E-state index in [0.29, 0.717) is 0 Å². The van der Waals surface area contributed by atoms with E-state index in [-0.39, 0.29) is 25.0 Å². The summed E-state index contributed by atoms with van der Waals surface area (Å²) in [5.74, 6) is -0.124. The lowest BCUT2D eigenvalue weighted by Crippen LogP contribution is -2.39. The standard InChI is InChI=1S/C10H17F3N2O2/c11-10(12,13)7-17-6-5-15-9(16)8-1-3-14-4-2-8/h8,14H,1-7H2,(H,15,16). The lowest BCUT2D eigenvalue weighted by atomic mass is 9.97. The molecule has 1 amide bonds. The van der Waals surface area contributed by atoms with Crippen molar-refractivity contribution in [2.75, 3.05) is 32.8 Å². The fourth-order valence-corrected chi connectivity index (χ4v) is 1.66. The second-order valence-electron chi connectivity index (χ2n) is 3.98. The number of ether oxygens (including phenoxy) is 1. The maximum atomic E-state index is 11.7. The van der Waals surface area contributed by atoms with Crippen molar-refractivity contribution in [3.63, 3.8) is 0 Å². The van der Waals surface area contributed by atoms with Gasteiger partial charge in [0.1, 0.15) is 6.61 Å². The van der Waals surface area contributed by atoms with Crippen LogP contribution in [0.25, 0.3) is 0 Å². The summed E-state index contributed by atoms with van der Waals surface area (Å²) in [6, 6.07) is 0. The van der Waals surface area contributed by atoms with E-state index in [1.165, 1.54) is 0 Å². The molecule has 0 aliphatic carbocycles. The monoisotopic (exact) mass is 254 g/mol. The molecule has 2 N–H and O–H groups in total. The van der Waals surface area contributed by atoms with Crippen molar-refractivity contribution in [2.45, 2.75) is 19.0 Å². The highest BCUT2D eigenvalue weighted by molar-refractivity contribution is 5.78. The van der Waals surface area contributed by atoms with E-state index >= 15 is 0 Å². The summed E-state index contributed by atoms with van der Waals surface area (Å²) >= 11 is 0. The van der Waals surface area contributed by atoms with Crippen molar-refractivity contribution >= 4 is 5.91 Å². The summed E-state index contributed by atoms with van der Waals surface area (Å²) in [5.41, 5.74) is 0. The minimum Gasteiger partial charge on any atom is -0.370 e. The van der Waals surface area contributed by atoms with E-state index in [2.05, 4.69) is 15.4 Å². The molecule has 1 saturated heterocycles. The molecule has 0 aromatic rings. The maximum Gasteiger partial charge on any atom is 0.411 e. The topological polar surface area (TPSA) is 50.4 Å². The number of carbonyl (C=O) groups is 1. The largest absolute Gasteiger partial charge is 0.411 e. The van der Waals surface area contributed by atoms with Crippen molar-refractivity contribution < 1.29 is 22.7 Å². The smallest absolute Gasteiger partial charge is 0.370 e. The van der Waals surface area contributed by atoms with Crippen LogP contribution in [-0.4, -0.2) is 44.9 Å². The average Bonchev–Trinajstić information content (AvgIpc) is 2.28. The molecule has 0 radical (unpaired) electrons. The molecular weight excluding hydrogens is 237 g/mol. The Kier molecular flexibility index (Phi) is 5.70. The molecule has 1 fully saturated rings. The highest BCUT2D eigenvalue weighted by Crippen LogP contribution is 2.14. The average molecular weight is 254 g/mol. The van der Waals surface area contributed by atoms with E-state index in [1.54, 1.807) is 0 Å². The third-order valence-corrected chi connectivity index (χ3v) is 2.52.